The quantitative estimate of drug-likeness (QED) is 0.666. The van der Waals surface area contributed by atoms with E-state index in [1.807, 2.05) is 0 Å². The minimum atomic E-state index is -0.0691. The molecular formula is C8H8N2O2S. The Hall–Kier alpha value is -1.36. The van der Waals surface area contributed by atoms with E-state index in [9.17, 15) is 9.59 Å². The van der Waals surface area contributed by atoms with Gasteiger partial charge >= 0.3 is 0 Å². The highest BCUT2D eigenvalue weighted by molar-refractivity contribution is 7.18. The first-order chi connectivity index (χ1) is 6.16. The topological polar surface area (TPSA) is 58.2 Å². The fraction of sp³-hybridized carbons (Fsp3) is 0.250. The van der Waals surface area contributed by atoms with Gasteiger partial charge in [-0.1, -0.05) is 0 Å². The molecule has 4 nitrogen and oxygen atoms in total. The van der Waals surface area contributed by atoms with Crippen molar-refractivity contribution in [2.45, 2.75) is 6.92 Å². The molecule has 1 aliphatic heterocycles. The van der Waals surface area contributed by atoms with Crippen molar-refractivity contribution in [3.63, 3.8) is 0 Å². The molecule has 2 heterocycles. The van der Waals surface area contributed by atoms with E-state index < -0.39 is 0 Å². The van der Waals surface area contributed by atoms with Crippen LogP contribution in [-0.2, 0) is 4.79 Å². The molecule has 0 atom stereocenters. The number of anilines is 2. The summed E-state index contributed by atoms with van der Waals surface area (Å²) in [5.74, 6) is -0.0455. The summed E-state index contributed by atoms with van der Waals surface area (Å²) in [5, 5.41) is 6.50. The maximum atomic E-state index is 11.0. The molecule has 0 saturated carbocycles. The third-order valence-corrected chi connectivity index (χ3v) is 2.96. The number of thiophene rings is 1. The summed E-state index contributed by atoms with van der Waals surface area (Å²) >= 11 is 1.37. The lowest BCUT2D eigenvalue weighted by atomic mass is 10.3. The Bertz CT molecular complexity index is 383. The molecule has 0 bridgehead atoms. The third kappa shape index (κ3) is 1.42. The van der Waals surface area contributed by atoms with Crippen LogP contribution in [0.15, 0.2) is 6.07 Å². The van der Waals surface area contributed by atoms with Gasteiger partial charge in [-0.2, -0.15) is 0 Å². The van der Waals surface area contributed by atoms with Crippen LogP contribution >= 0.6 is 11.3 Å². The van der Waals surface area contributed by atoms with Gasteiger partial charge in [0.05, 0.1) is 17.1 Å². The number of carbonyl (C=O) groups excluding carboxylic acids is 2. The number of hydrogen-bond donors (Lipinski definition) is 2. The lowest BCUT2D eigenvalue weighted by Gasteiger charge is -2.13. The van der Waals surface area contributed by atoms with Gasteiger partial charge in [0.1, 0.15) is 5.00 Å². The number of Topliss-reactive ketones (excluding diaryl/α,β-unsaturated/α-hetero) is 1. The normalized spacial score (nSPS) is 14.4. The number of carbonyl (C=O) groups is 2. The van der Waals surface area contributed by atoms with Crippen LogP contribution < -0.4 is 10.6 Å². The molecule has 0 radical (unpaired) electrons. The molecule has 0 spiro atoms. The monoisotopic (exact) mass is 196 g/mol. The second kappa shape index (κ2) is 2.85. The molecule has 5 heteroatoms. The molecule has 0 fully saturated rings. The molecular weight excluding hydrogens is 188 g/mol. The Morgan fingerprint density at radius 2 is 2.38 bits per heavy atom. The van der Waals surface area contributed by atoms with Crippen molar-refractivity contribution in [1.82, 2.24) is 0 Å². The number of nitrogens with one attached hydrogen (secondary N) is 2. The summed E-state index contributed by atoms with van der Waals surface area (Å²) in [4.78, 5) is 22.6. The van der Waals surface area contributed by atoms with E-state index in [-0.39, 0.29) is 18.2 Å². The van der Waals surface area contributed by atoms with Gasteiger partial charge in [0.2, 0.25) is 5.91 Å². The predicted octanol–water partition coefficient (Wildman–Crippen LogP) is 1.31. The van der Waals surface area contributed by atoms with Crippen LogP contribution in [0.4, 0.5) is 10.7 Å². The lowest BCUT2D eigenvalue weighted by molar-refractivity contribution is -0.114. The summed E-state index contributed by atoms with van der Waals surface area (Å²) in [6.45, 7) is 1.80. The van der Waals surface area contributed by atoms with E-state index in [0.29, 0.717) is 10.6 Å². The van der Waals surface area contributed by atoms with Crippen molar-refractivity contribution in [1.29, 1.82) is 0 Å². The van der Waals surface area contributed by atoms with Crippen LogP contribution in [0.3, 0.4) is 0 Å². The number of ketones is 1. The maximum Gasteiger partial charge on any atom is 0.243 e. The SMILES string of the molecule is CC(=O)c1cc2c(s1)NCC(=O)N2. The van der Waals surface area contributed by atoms with E-state index in [0.717, 1.165) is 5.00 Å². The van der Waals surface area contributed by atoms with E-state index in [4.69, 9.17) is 0 Å². The van der Waals surface area contributed by atoms with Crippen LogP contribution in [0.5, 0.6) is 0 Å². The third-order valence-electron chi connectivity index (χ3n) is 1.76. The second-order valence-corrected chi connectivity index (χ2v) is 3.86. The highest BCUT2D eigenvalue weighted by atomic mass is 32.1. The minimum Gasteiger partial charge on any atom is -0.366 e. The average Bonchev–Trinajstić information content (AvgIpc) is 2.46. The smallest absolute Gasteiger partial charge is 0.243 e. The highest BCUT2D eigenvalue weighted by Crippen LogP contribution is 2.34. The molecule has 1 aliphatic rings. The molecule has 0 aromatic carbocycles. The first-order valence-electron chi connectivity index (χ1n) is 3.85. The van der Waals surface area contributed by atoms with Gasteiger partial charge in [0.25, 0.3) is 0 Å². The fourth-order valence-corrected chi connectivity index (χ4v) is 2.05. The van der Waals surface area contributed by atoms with Gasteiger partial charge in [-0.05, 0) is 13.0 Å². The lowest BCUT2D eigenvalue weighted by Crippen LogP contribution is -2.26. The Labute approximate surface area is 78.9 Å². The highest BCUT2D eigenvalue weighted by Gasteiger charge is 2.18. The molecule has 2 rings (SSSR count). The summed E-state index contributed by atoms with van der Waals surface area (Å²) in [6, 6.07) is 1.70. The first-order valence-corrected chi connectivity index (χ1v) is 4.67. The second-order valence-electron chi connectivity index (χ2n) is 2.81. The number of fused-ring (bicyclic) bond motifs is 1. The molecule has 68 valence electrons. The van der Waals surface area contributed by atoms with E-state index in [2.05, 4.69) is 10.6 Å². The predicted molar refractivity (Wildman–Crippen MR) is 51.4 cm³/mol. The zero-order valence-corrected chi connectivity index (χ0v) is 7.83. The van der Waals surface area contributed by atoms with Crippen molar-refractivity contribution in [3.05, 3.63) is 10.9 Å². The Morgan fingerprint density at radius 1 is 1.62 bits per heavy atom. The molecule has 13 heavy (non-hydrogen) atoms. The standard InChI is InChI=1S/C8H8N2O2S/c1-4(11)6-2-5-8(13-6)9-3-7(12)10-5/h2,9H,3H2,1H3,(H,10,12). The van der Waals surface area contributed by atoms with Crippen LogP contribution in [0.25, 0.3) is 0 Å². The summed E-state index contributed by atoms with van der Waals surface area (Å²) in [6.07, 6.45) is 0. The van der Waals surface area contributed by atoms with Gasteiger partial charge in [-0.3, -0.25) is 9.59 Å². The van der Waals surface area contributed by atoms with Crippen LogP contribution in [0.1, 0.15) is 16.6 Å². The molecule has 1 amide bonds. The molecule has 0 unspecified atom stereocenters. The number of amides is 1. The zero-order chi connectivity index (χ0) is 9.42. The van der Waals surface area contributed by atoms with E-state index >= 15 is 0 Å². The zero-order valence-electron chi connectivity index (χ0n) is 7.01. The largest absolute Gasteiger partial charge is 0.366 e. The van der Waals surface area contributed by atoms with Crippen molar-refractivity contribution in [2.24, 2.45) is 0 Å². The summed E-state index contributed by atoms with van der Waals surface area (Å²) in [5.41, 5.74) is 0.714. The molecule has 1 aromatic rings. The van der Waals surface area contributed by atoms with Crippen molar-refractivity contribution in [3.8, 4) is 0 Å². The van der Waals surface area contributed by atoms with Crippen LogP contribution in [0.2, 0.25) is 0 Å². The van der Waals surface area contributed by atoms with E-state index in [1.165, 1.54) is 18.3 Å². The first kappa shape index (κ1) is 8.25. The maximum absolute atomic E-state index is 11.0. The van der Waals surface area contributed by atoms with Crippen molar-refractivity contribution >= 4 is 33.7 Å². The Morgan fingerprint density at radius 3 is 3.08 bits per heavy atom. The van der Waals surface area contributed by atoms with Crippen LogP contribution in [-0.4, -0.2) is 18.2 Å². The van der Waals surface area contributed by atoms with Crippen molar-refractivity contribution in [2.75, 3.05) is 17.2 Å². The molecule has 0 saturated heterocycles. The number of rotatable bonds is 1. The Balaban J connectivity index is 2.39. The Kier molecular flexibility index (Phi) is 1.81. The molecule has 2 N–H and O–H groups in total. The molecule has 0 aliphatic carbocycles. The van der Waals surface area contributed by atoms with Gasteiger partial charge in [-0.25, -0.2) is 0 Å². The summed E-state index contributed by atoms with van der Waals surface area (Å²) in [7, 11) is 0. The fourth-order valence-electron chi connectivity index (χ4n) is 1.14. The van der Waals surface area contributed by atoms with Gasteiger partial charge < -0.3 is 10.6 Å². The summed E-state index contributed by atoms with van der Waals surface area (Å²) < 4.78 is 0. The van der Waals surface area contributed by atoms with Crippen LogP contribution in [0, 0.1) is 0 Å². The molecule has 1 aromatic heterocycles. The minimum absolute atomic E-state index is 0.0236. The average molecular weight is 196 g/mol. The number of hydrogen-bond acceptors (Lipinski definition) is 4. The van der Waals surface area contributed by atoms with Gasteiger partial charge in [0, 0.05) is 0 Å². The van der Waals surface area contributed by atoms with Gasteiger partial charge in [0.15, 0.2) is 5.78 Å². The van der Waals surface area contributed by atoms with Crippen molar-refractivity contribution < 1.29 is 9.59 Å². The van der Waals surface area contributed by atoms with E-state index in [1.54, 1.807) is 6.07 Å². The van der Waals surface area contributed by atoms with Gasteiger partial charge in [-0.15, -0.1) is 11.3 Å².